The Labute approximate surface area is 86.9 Å². The second kappa shape index (κ2) is 4.29. The van der Waals surface area contributed by atoms with Gasteiger partial charge in [0.05, 0.1) is 0 Å². The van der Waals surface area contributed by atoms with Gasteiger partial charge >= 0.3 is 0 Å². The van der Waals surface area contributed by atoms with Crippen LogP contribution in [0.25, 0.3) is 0 Å². The molecule has 1 aromatic carbocycles. The standard InChI is InChI=1S/C9H8FNO3S/c1-2-5-14-8-4-3-7(10)6-9(8)15(11,12)13/h1,3-4,6H,5H2,(H2,11,12,13). The highest BCUT2D eigenvalue weighted by atomic mass is 32.2. The summed E-state index contributed by atoms with van der Waals surface area (Å²) in [5.74, 6) is 1.38. The topological polar surface area (TPSA) is 69.4 Å². The molecule has 2 N–H and O–H groups in total. The molecule has 0 aliphatic heterocycles. The van der Waals surface area contributed by atoms with Crippen LogP contribution in [0.4, 0.5) is 4.39 Å². The second-order valence-corrected chi connectivity index (χ2v) is 4.16. The van der Waals surface area contributed by atoms with Crippen LogP contribution >= 0.6 is 0 Å². The second-order valence-electron chi connectivity index (χ2n) is 2.63. The predicted octanol–water partition coefficient (Wildman–Crippen LogP) is 0.485. The van der Waals surface area contributed by atoms with Crippen molar-refractivity contribution in [1.82, 2.24) is 0 Å². The number of terminal acetylenes is 1. The zero-order valence-corrected chi connectivity index (χ0v) is 8.42. The van der Waals surface area contributed by atoms with Gasteiger partial charge in [-0.3, -0.25) is 0 Å². The summed E-state index contributed by atoms with van der Waals surface area (Å²) < 4.78 is 39.8. The van der Waals surface area contributed by atoms with E-state index in [1.165, 1.54) is 0 Å². The van der Waals surface area contributed by atoms with E-state index in [-0.39, 0.29) is 12.4 Å². The zero-order chi connectivity index (χ0) is 11.5. The number of benzene rings is 1. The summed E-state index contributed by atoms with van der Waals surface area (Å²) in [6.45, 7) is -0.117. The summed E-state index contributed by atoms with van der Waals surface area (Å²) in [5, 5.41) is 4.87. The molecule has 0 unspecified atom stereocenters. The van der Waals surface area contributed by atoms with E-state index < -0.39 is 20.7 Å². The van der Waals surface area contributed by atoms with Crippen molar-refractivity contribution in [2.75, 3.05) is 6.61 Å². The molecule has 0 atom stereocenters. The first-order valence-corrected chi connectivity index (χ1v) is 5.38. The molecule has 0 saturated heterocycles. The molecule has 0 fully saturated rings. The van der Waals surface area contributed by atoms with Gasteiger partial charge in [-0.1, -0.05) is 5.92 Å². The number of primary sulfonamides is 1. The van der Waals surface area contributed by atoms with Crippen LogP contribution in [-0.4, -0.2) is 15.0 Å². The van der Waals surface area contributed by atoms with Crippen molar-refractivity contribution in [3.63, 3.8) is 0 Å². The fraction of sp³-hybridized carbons (Fsp3) is 0.111. The quantitative estimate of drug-likeness (QED) is 0.767. The Bertz CT molecular complexity index is 505. The normalized spacial score (nSPS) is 10.7. The van der Waals surface area contributed by atoms with E-state index in [9.17, 15) is 12.8 Å². The summed E-state index contributed by atoms with van der Waals surface area (Å²) in [6.07, 6.45) is 4.94. The third-order valence-electron chi connectivity index (χ3n) is 1.52. The summed E-state index contributed by atoms with van der Waals surface area (Å²) in [7, 11) is -4.02. The minimum atomic E-state index is -4.02. The number of sulfonamides is 1. The van der Waals surface area contributed by atoms with Crippen LogP contribution in [0.3, 0.4) is 0 Å². The molecule has 0 aliphatic rings. The van der Waals surface area contributed by atoms with Gasteiger partial charge in [0.25, 0.3) is 0 Å². The average Bonchev–Trinajstić information content (AvgIpc) is 2.14. The Morgan fingerprint density at radius 1 is 1.53 bits per heavy atom. The van der Waals surface area contributed by atoms with Crippen molar-refractivity contribution in [2.45, 2.75) is 4.90 Å². The van der Waals surface area contributed by atoms with E-state index in [1.54, 1.807) is 0 Å². The largest absolute Gasteiger partial charge is 0.480 e. The van der Waals surface area contributed by atoms with Crippen molar-refractivity contribution in [1.29, 1.82) is 0 Å². The number of ether oxygens (including phenoxy) is 1. The molecule has 0 radical (unpaired) electrons. The van der Waals surface area contributed by atoms with E-state index in [1.807, 2.05) is 0 Å². The van der Waals surface area contributed by atoms with Crippen molar-refractivity contribution < 1.29 is 17.5 Å². The number of hydrogen-bond acceptors (Lipinski definition) is 3. The number of hydrogen-bond donors (Lipinski definition) is 1. The Morgan fingerprint density at radius 2 is 2.20 bits per heavy atom. The Morgan fingerprint density at radius 3 is 2.73 bits per heavy atom. The van der Waals surface area contributed by atoms with Gasteiger partial charge in [0.15, 0.2) is 0 Å². The number of rotatable bonds is 3. The van der Waals surface area contributed by atoms with E-state index >= 15 is 0 Å². The SMILES string of the molecule is C#CCOc1ccc(F)cc1S(N)(=O)=O. The van der Waals surface area contributed by atoms with E-state index in [4.69, 9.17) is 16.3 Å². The Balaban J connectivity index is 3.22. The third kappa shape index (κ3) is 2.94. The molecule has 0 spiro atoms. The summed E-state index contributed by atoms with van der Waals surface area (Å²) in [4.78, 5) is -0.419. The molecule has 0 bridgehead atoms. The molecule has 4 nitrogen and oxygen atoms in total. The van der Waals surface area contributed by atoms with Crippen molar-refractivity contribution >= 4 is 10.0 Å². The van der Waals surface area contributed by atoms with Gasteiger partial charge in [-0.05, 0) is 18.2 Å². The van der Waals surface area contributed by atoms with Crippen LogP contribution < -0.4 is 9.88 Å². The van der Waals surface area contributed by atoms with Gasteiger partial charge in [0, 0.05) is 0 Å². The lowest BCUT2D eigenvalue weighted by molar-refractivity contribution is 0.359. The van der Waals surface area contributed by atoms with Crippen LogP contribution in [0.2, 0.25) is 0 Å². The van der Waals surface area contributed by atoms with Gasteiger partial charge in [0.1, 0.15) is 23.1 Å². The Kier molecular flexibility index (Phi) is 3.29. The van der Waals surface area contributed by atoms with Crippen LogP contribution in [0.1, 0.15) is 0 Å². The molecule has 6 heteroatoms. The van der Waals surface area contributed by atoms with E-state index in [0.717, 1.165) is 18.2 Å². The molecule has 0 amide bonds. The maximum atomic E-state index is 12.8. The molecule has 0 aromatic heterocycles. The van der Waals surface area contributed by atoms with Crippen LogP contribution in [0.15, 0.2) is 23.1 Å². The van der Waals surface area contributed by atoms with Crippen LogP contribution in [-0.2, 0) is 10.0 Å². The van der Waals surface area contributed by atoms with Gasteiger partial charge in [-0.15, -0.1) is 6.42 Å². The van der Waals surface area contributed by atoms with Gasteiger partial charge in [-0.25, -0.2) is 17.9 Å². The van der Waals surface area contributed by atoms with Gasteiger partial charge in [-0.2, -0.15) is 0 Å². The Hall–Kier alpha value is -1.58. The molecule has 1 aromatic rings. The van der Waals surface area contributed by atoms with Crippen molar-refractivity contribution in [3.8, 4) is 18.1 Å². The molecule has 0 aliphatic carbocycles. The lowest BCUT2D eigenvalue weighted by Gasteiger charge is -2.07. The van der Waals surface area contributed by atoms with Crippen molar-refractivity contribution in [3.05, 3.63) is 24.0 Å². The first kappa shape index (κ1) is 11.5. The van der Waals surface area contributed by atoms with E-state index in [2.05, 4.69) is 5.92 Å². The van der Waals surface area contributed by atoms with E-state index in [0.29, 0.717) is 0 Å². The van der Waals surface area contributed by atoms with Crippen LogP contribution in [0.5, 0.6) is 5.75 Å². The smallest absolute Gasteiger partial charge is 0.241 e. The zero-order valence-electron chi connectivity index (χ0n) is 7.60. The molecular weight excluding hydrogens is 221 g/mol. The summed E-state index contributed by atoms with van der Waals surface area (Å²) in [6, 6.07) is 2.99. The fourth-order valence-electron chi connectivity index (χ4n) is 0.943. The molecule has 0 heterocycles. The molecule has 15 heavy (non-hydrogen) atoms. The average molecular weight is 229 g/mol. The molecule has 0 saturated carbocycles. The summed E-state index contributed by atoms with van der Waals surface area (Å²) in [5.41, 5.74) is 0. The lowest BCUT2D eigenvalue weighted by atomic mass is 10.3. The summed E-state index contributed by atoms with van der Waals surface area (Å²) >= 11 is 0. The molecular formula is C9H8FNO3S. The minimum absolute atomic E-state index is 0.0585. The highest BCUT2D eigenvalue weighted by Gasteiger charge is 2.15. The monoisotopic (exact) mass is 229 g/mol. The highest BCUT2D eigenvalue weighted by Crippen LogP contribution is 2.23. The minimum Gasteiger partial charge on any atom is -0.480 e. The van der Waals surface area contributed by atoms with Gasteiger partial charge in [0.2, 0.25) is 10.0 Å². The van der Waals surface area contributed by atoms with Crippen LogP contribution in [0, 0.1) is 18.2 Å². The molecule has 1 rings (SSSR count). The van der Waals surface area contributed by atoms with Crippen molar-refractivity contribution in [2.24, 2.45) is 5.14 Å². The number of halogens is 1. The lowest BCUT2D eigenvalue weighted by Crippen LogP contribution is -2.14. The first-order valence-electron chi connectivity index (χ1n) is 3.84. The maximum Gasteiger partial charge on any atom is 0.241 e. The third-order valence-corrected chi connectivity index (χ3v) is 2.46. The molecule has 80 valence electrons. The highest BCUT2D eigenvalue weighted by molar-refractivity contribution is 7.89. The fourth-order valence-corrected chi connectivity index (χ4v) is 1.63. The predicted molar refractivity (Wildman–Crippen MR) is 52.1 cm³/mol. The number of nitrogens with two attached hydrogens (primary N) is 1. The maximum absolute atomic E-state index is 12.8. The van der Waals surface area contributed by atoms with Gasteiger partial charge < -0.3 is 4.74 Å². The first-order chi connectivity index (χ1) is 6.95.